The molecule has 0 aromatic heterocycles. The topological polar surface area (TPSA) is 42.0 Å². The molecule has 6 heteroatoms. The standard InChI is InChI=1S/C24H29FN2O3/c25-20-6-8-22(9-7-20)29-17-23-16-27(24(28)18-30-23)21-11-14-26(15-12-21)13-10-19-4-2-1-3-5-19/h1-9,21,23H,10-18H2/t23-/m1/s1. The summed E-state index contributed by atoms with van der Waals surface area (Å²) in [5, 5.41) is 0. The molecule has 30 heavy (non-hydrogen) atoms. The Morgan fingerprint density at radius 2 is 1.77 bits per heavy atom. The van der Waals surface area contributed by atoms with Gasteiger partial charge in [0.15, 0.2) is 0 Å². The zero-order valence-corrected chi connectivity index (χ0v) is 17.2. The van der Waals surface area contributed by atoms with Crippen LogP contribution in [0.3, 0.4) is 0 Å². The van der Waals surface area contributed by atoms with Crippen LogP contribution in [0.4, 0.5) is 4.39 Å². The number of likely N-dealkylation sites (tertiary alicyclic amines) is 1. The molecule has 2 fully saturated rings. The number of morpholine rings is 1. The minimum absolute atomic E-state index is 0.0655. The Bertz CT molecular complexity index is 807. The third-order valence-electron chi connectivity index (χ3n) is 5.97. The minimum Gasteiger partial charge on any atom is -0.491 e. The summed E-state index contributed by atoms with van der Waals surface area (Å²) in [4.78, 5) is 16.9. The van der Waals surface area contributed by atoms with Crippen LogP contribution in [0.2, 0.25) is 0 Å². The second-order valence-corrected chi connectivity index (χ2v) is 8.05. The van der Waals surface area contributed by atoms with Crippen LogP contribution < -0.4 is 4.74 Å². The molecule has 0 spiro atoms. The second-order valence-electron chi connectivity index (χ2n) is 8.05. The molecule has 0 aliphatic carbocycles. The van der Waals surface area contributed by atoms with Crippen molar-refractivity contribution in [3.05, 3.63) is 66.0 Å². The van der Waals surface area contributed by atoms with Crippen LogP contribution >= 0.6 is 0 Å². The van der Waals surface area contributed by atoms with E-state index in [0.29, 0.717) is 18.9 Å². The number of halogens is 1. The molecule has 5 nitrogen and oxygen atoms in total. The first-order valence-corrected chi connectivity index (χ1v) is 10.7. The van der Waals surface area contributed by atoms with Crippen LogP contribution in [0.5, 0.6) is 5.75 Å². The van der Waals surface area contributed by atoms with Gasteiger partial charge in [0.05, 0.1) is 6.54 Å². The van der Waals surface area contributed by atoms with Gasteiger partial charge in [0.2, 0.25) is 5.91 Å². The van der Waals surface area contributed by atoms with Gasteiger partial charge in [-0.05, 0) is 49.1 Å². The maximum Gasteiger partial charge on any atom is 0.248 e. The van der Waals surface area contributed by atoms with Crippen LogP contribution in [0.15, 0.2) is 54.6 Å². The molecular formula is C24H29FN2O3. The molecule has 0 unspecified atom stereocenters. The van der Waals surface area contributed by atoms with E-state index in [1.165, 1.54) is 17.7 Å². The number of amides is 1. The van der Waals surface area contributed by atoms with Gasteiger partial charge in [-0.3, -0.25) is 4.79 Å². The van der Waals surface area contributed by atoms with E-state index in [-0.39, 0.29) is 30.5 Å². The number of piperidine rings is 1. The monoisotopic (exact) mass is 412 g/mol. The summed E-state index contributed by atoms with van der Waals surface area (Å²) in [6.07, 6.45) is 2.88. The van der Waals surface area contributed by atoms with Crippen molar-refractivity contribution in [2.75, 3.05) is 39.4 Å². The third kappa shape index (κ3) is 5.58. The Hall–Kier alpha value is -2.44. The molecule has 2 aromatic carbocycles. The molecule has 0 bridgehead atoms. The first kappa shape index (κ1) is 20.8. The Kier molecular flexibility index (Phi) is 6.97. The molecule has 1 atom stereocenters. The van der Waals surface area contributed by atoms with E-state index >= 15 is 0 Å². The summed E-state index contributed by atoms with van der Waals surface area (Å²) in [5.74, 6) is 0.383. The highest BCUT2D eigenvalue weighted by Crippen LogP contribution is 2.21. The van der Waals surface area contributed by atoms with Crippen LogP contribution in [0.25, 0.3) is 0 Å². The molecule has 0 N–H and O–H groups in total. The van der Waals surface area contributed by atoms with Crippen LogP contribution in [0.1, 0.15) is 18.4 Å². The first-order chi connectivity index (χ1) is 14.7. The lowest BCUT2D eigenvalue weighted by Crippen LogP contribution is -2.55. The predicted molar refractivity (Wildman–Crippen MR) is 113 cm³/mol. The van der Waals surface area contributed by atoms with E-state index in [2.05, 4.69) is 29.2 Å². The molecule has 2 heterocycles. The fourth-order valence-corrected chi connectivity index (χ4v) is 4.21. The summed E-state index contributed by atoms with van der Waals surface area (Å²) in [6, 6.07) is 16.8. The highest BCUT2D eigenvalue weighted by atomic mass is 19.1. The molecule has 4 rings (SSSR count). The van der Waals surface area contributed by atoms with E-state index in [4.69, 9.17) is 9.47 Å². The summed E-state index contributed by atoms with van der Waals surface area (Å²) >= 11 is 0. The lowest BCUT2D eigenvalue weighted by Gasteiger charge is -2.42. The van der Waals surface area contributed by atoms with Gasteiger partial charge in [-0.2, -0.15) is 0 Å². The number of carbonyl (C=O) groups is 1. The summed E-state index contributed by atoms with van der Waals surface area (Å²) < 4.78 is 24.4. The normalized spacial score (nSPS) is 21.0. The van der Waals surface area contributed by atoms with E-state index in [1.54, 1.807) is 12.1 Å². The molecule has 1 amide bonds. The summed E-state index contributed by atoms with van der Waals surface area (Å²) in [6.45, 7) is 4.09. The molecule has 2 aliphatic rings. The number of benzene rings is 2. The van der Waals surface area contributed by atoms with Gasteiger partial charge in [-0.25, -0.2) is 4.39 Å². The van der Waals surface area contributed by atoms with Crippen LogP contribution in [-0.2, 0) is 16.0 Å². The fourth-order valence-electron chi connectivity index (χ4n) is 4.21. The Balaban J connectivity index is 1.23. The van der Waals surface area contributed by atoms with Crippen LogP contribution in [-0.4, -0.2) is 67.2 Å². The summed E-state index contributed by atoms with van der Waals surface area (Å²) in [7, 11) is 0. The second kappa shape index (κ2) is 10.0. The first-order valence-electron chi connectivity index (χ1n) is 10.7. The number of ether oxygens (including phenoxy) is 2. The molecule has 160 valence electrons. The number of hydrogen-bond donors (Lipinski definition) is 0. The zero-order chi connectivity index (χ0) is 20.8. The van der Waals surface area contributed by atoms with Crippen molar-refractivity contribution >= 4 is 5.91 Å². The predicted octanol–water partition coefficient (Wildman–Crippen LogP) is 3.14. The van der Waals surface area contributed by atoms with E-state index in [9.17, 15) is 9.18 Å². The highest BCUT2D eigenvalue weighted by Gasteiger charge is 2.33. The van der Waals surface area contributed by atoms with E-state index in [1.807, 2.05) is 11.0 Å². The van der Waals surface area contributed by atoms with Crippen molar-refractivity contribution in [2.24, 2.45) is 0 Å². The lowest BCUT2D eigenvalue weighted by molar-refractivity contribution is -0.155. The van der Waals surface area contributed by atoms with Gasteiger partial charge in [-0.15, -0.1) is 0 Å². The molecule has 2 aromatic rings. The van der Waals surface area contributed by atoms with Crippen molar-refractivity contribution < 1.29 is 18.7 Å². The van der Waals surface area contributed by atoms with E-state index < -0.39 is 0 Å². The van der Waals surface area contributed by atoms with Crippen molar-refractivity contribution in [2.45, 2.75) is 31.4 Å². The lowest BCUT2D eigenvalue weighted by atomic mass is 10.0. The Morgan fingerprint density at radius 1 is 1.03 bits per heavy atom. The smallest absolute Gasteiger partial charge is 0.248 e. The van der Waals surface area contributed by atoms with Crippen molar-refractivity contribution in [1.29, 1.82) is 0 Å². The van der Waals surface area contributed by atoms with Gasteiger partial charge >= 0.3 is 0 Å². The largest absolute Gasteiger partial charge is 0.491 e. The van der Waals surface area contributed by atoms with Crippen molar-refractivity contribution in [3.8, 4) is 5.75 Å². The van der Waals surface area contributed by atoms with Gasteiger partial charge in [0.1, 0.15) is 30.9 Å². The molecular weight excluding hydrogens is 383 g/mol. The molecule has 0 radical (unpaired) electrons. The van der Waals surface area contributed by atoms with Crippen molar-refractivity contribution in [3.63, 3.8) is 0 Å². The number of carbonyl (C=O) groups excluding carboxylic acids is 1. The number of hydrogen-bond acceptors (Lipinski definition) is 4. The maximum atomic E-state index is 13.0. The molecule has 2 aliphatic heterocycles. The average molecular weight is 413 g/mol. The zero-order valence-electron chi connectivity index (χ0n) is 17.2. The van der Waals surface area contributed by atoms with Gasteiger partial charge in [-0.1, -0.05) is 30.3 Å². The Morgan fingerprint density at radius 3 is 2.50 bits per heavy atom. The fraction of sp³-hybridized carbons (Fsp3) is 0.458. The third-order valence-corrected chi connectivity index (χ3v) is 5.97. The van der Waals surface area contributed by atoms with Gasteiger partial charge in [0, 0.05) is 25.7 Å². The van der Waals surface area contributed by atoms with E-state index in [0.717, 1.165) is 38.9 Å². The molecule has 0 saturated carbocycles. The minimum atomic E-state index is -0.289. The van der Waals surface area contributed by atoms with Crippen LogP contribution in [0, 0.1) is 5.82 Å². The molecule has 2 saturated heterocycles. The van der Waals surface area contributed by atoms with Crippen molar-refractivity contribution in [1.82, 2.24) is 9.80 Å². The SMILES string of the molecule is O=C1CO[C@@H](COc2ccc(F)cc2)CN1C1CCN(CCc2ccccc2)CC1. The summed E-state index contributed by atoms with van der Waals surface area (Å²) in [5.41, 5.74) is 1.37. The Labute approximate surface area is 177 Å². The quantitative estimate of drug-likeness (QED) is 0.701. The number of nitrogens with zero attached hydrogens (tertiary/aromatic N) is 2. The van der Waals surface area contributed by atoms with Gasteiger partial charge < -0.3 is 19.3 Å². The number of rotatable bonds is 7. The maximum absolute atomic E-state index is 13.0. The highest BCUT2D eigenvalue weighted by molar-refractivity contribution is 5.78. The van der Waals surface area contributed by atoms with Gasteiger partial charge in [0.25, 0.3) is 0 Å². The average Bonchev–Trinajstić information content (AvgIpc) is 2.79.